The zero-order chi connectivity index (χ0) is 18.1. The van der Waals surface area contributed by atoms with Crippen LogP contribution in [0, 0.1) is 5.92 Å². The third-order valence-corrected chi connectivity index (χ3v) is 11.3. The van der Waals surface area contributed by atoms with Crippen LogP contribution in [0.1, 0.15) is 32.4 Å². The first kappa shape index (κ1) is 20.2. The van der Waals surface area contributed by atoms with Gasteiger partial charge in [0.25, 0.3) is 0 Å². The van der Waals surface area contributed by atoms with Crippen LogP contribution in [0.15, 0.2) is 23.5 Å². The summed E-state index contributed by atoms with van der Waals surface area (Å²) in [6.07, 6.45) is 4.02. The normalized spacial score (nSPS) is 23.2. The maximum atomic E-state index is 10.5. The van der Waals surface area contributed by atoms with Crippen LogP contribution in [0.3, 0.4) is 0 Å². The number of hydrogen-bond acceptors (Lipinski definition) is 5. The van der Waals surface area contributed by atoms with Crippen molar-refractivity contribution in [3.05, 3.63) is 34.2 Å². The van der Waals surface area contributed by atoms with Gasteiger partial charge in [0.05, 0.1) is 4.71 Å². The van der Waals surface area contributed by atoms with Gasteiger partial charge in [0.15, 0.2) is 8.32 Å². The predicted octanol–water partition coefficient (Wildman–Crippen LogP) is 5.00. The number of rotatable bonds is 5. The van der Waals surface area contributed by atoms with Gasteiger partial charge in [-0.2, -0.15) is 0 Å². The lowest BCUT2D eigenvalue weighted by Crippen LogP contribution is -2.42. The van der Waals surface area contributed by atoms with Gasteiger partial charge >= 0.3 is 0 Å². The number of alkyl halides is 1. The fourth-order valence-corrected chi connectivity index (χ4v) is 4.80. The number of aliphatic hydroxyl groups is 1. The van der Waals surface area contributed by atoms with Crippen molar-refractivity contribution < 1.29 is 9.53 Å². The molecule has 134 valence electrons. The molecule has 0 saturated carbocycles. The summed E-state index contributed by atoms with van der Waals surface area (Å²) in [7, 11) is -1.82. The van der Waals surface area contributed by atoms with Crippen LogP contribution in [0.2, 0.25) is 23.3 Å². The summed E-state index contributed by atoms with van der Waals surface area (Å²) in [5.74, 6) is 0.0545. The minimum absolute atomic E-state index is 0.0545. The number of halogens is 2. The van der Waals surface area contributed by atoms with Crippen LogP contribution in [-0.4, -0.2) is 34.7 Å². The summed E-state index contributed by atoms with van der Waals surface area (Å²) in [6.45, 7) is 11.6. The zero-order valence-corrected chi connectivity index (χ0v) is 17.9. The first-order valence-corrected chi connectivity index (χ1v) is 12.4. The summed E-state index contributed by atoms with van der Waals surface area (Å²) < 4.78 is 6.11. The number of thioether (sulfide) groups is 1. The second-order valence-corrected chi connectivity index (χ2v) is 14.6. The van der Waals surface area contributed by atoms with E-state index in [4.69, 9.17) is 27.6 Å². The summed E-state index contributed by atoms with van der Waals surface area (Å²) in [5, 5.41) is 11.0. The van der Waals surface area contributed by atoms with Crippen LogP contribution in [0.5, 0.6) is 0 Å². The van der Waals surface area contributed by atoms with Gasteiger partial charge in [0, 0.05) is 29.2 Å². The molecule has 1 aliphatic rings. The highest BCUT2D eigenvalue weighted by atomic mass is 35.5. The number of nitrogens with zero attached hydrogens (tertiary/aromatic N) is 2. The van der Waals surface area contributed by atoms with Gasteiger partial charge in [-0.3, -0.25) is 0 Å². The van der Waals surface area contributed by atoms with Crippen molar-refractivity contribution in [3.63, 3.8) is 0 Å². The van der Waals surface area contributed by atoms with E-state index >= 15 is 0 Å². The third kappa shape index (κ3) is 4.53. The van der Waals surface area contributed by atoms with Gasteiger partial charge in [-0.05, 0) is 18.1 Å². The Bertz CT molecular complexity index is 622. The lowest BCUT2D eigenvalue weighted by Gasteiger charge is -2.37. The maximum Gasteiger partial charge on any atom is 0.192 e. The number of aliphatic hydroxyl groups excluding tert-OH is 1. The first-order chi connectivity index (χ1) is 11.0. The largest absolute Gasteiger partial charge is 0.416 e. The van der Waals surface area contributed by atoms with Crippen molar-refractivity contribution >= 4 is 43.3 Å². The first-order valence-electron chi connectivity index (χ1n) is 7.83. The molecule has 1 N–H and O–H groups in total. The Hall–Kier alpha value is -0.113. The summed E-state index contributed by atoms with van der Waals surface area (Å²) in [5.41, 5.74) is 0.493. The molecule has 0 saturated heterocycles. The Kier molecular flexibility index (Phi) is 6.43. The van der Waals surface area contributed by atoms with Gasteiger partial charge in [-0.15, -0.1) is 23.4 Å². The molecule has 1 aromatic rings. The Morgan fingerprint density at radius 2 is 2.08 bits per heavy atom. The smallest absolute Gasteiger partial charge is 0.192 e. The van der Waals surface area contributed by atoms with Crippen molar-refractivity contribution in [1.29, 1.82) is 0 Å². The lowest BCUT2D eigenvalue weighted by atomic mass is 10.1. The van der Waals surface area contributed by atoms with Gasteiger partial charge in [-0.25, -0.2) is 9.97 Å². The molecular formula is C16H24Cl2N2O2SSi. The fraction of sp³-hybridized carbons (Fsp3) is 0.625. The standard InChI is InChI=1S/C16H24Cl2N2O2SSi/c1-16(2,3)24(4,5)22-8-10-6-12(23-15(10)18)13(21)11-7-19-9-20-14(11)17/h6-7,9-10,13,15,21H,8H2,1-5H3. The van der Waals surface area contributed by atoms with E-state index in [0.29, 0.717) is 12.2 Å². The molecule has 0 aromatic carbocycles. The second-order valence-electron chi connectivity index (χ2n) is 7.44. The van der Waals surface area contributed by atoms with E-state index in [9.17, 15) is 5.11 Å². The average molecular weight is 407 g/mol. The van der Waals surface area contributed by atoms with E-state index in [0.717, 1.165) is 4.91 Å². The van der Waals surface area contributed by atoms with Gasteiger partial charge in [0.1, 0.15) is 17.6 Å². The van der Waals surface area contributed by atoms with Crippen LogP contribution < -0.4 is 0 Å². The lowest BCUT2D eigenvalue weighted by molar-refractivity contribution is 0.222. The fourth-order valence-electron chi connectivity index (χ4n) is 2.01. The van der Waals surface area contributed by atoms with E-state index in [2.05, 4.69) is 43.8 Å². The Balaban J connectivity index is 2.08. The molecule has 0 aliphatic carbocycles. The van der Waals surface area contributed by atoms with Gasteiger partial charge in [-0.1, -0.05) is 38.4 Å². The Labute approximate surface area is 159 Å². The molecular weight excluding hydrogens is 383 g/mol. The highest BCUT2D eigenvalue weighted by Gasteiger charge is 2.39. The summed E-state index contributed by atoms with van der Waals surface area (Å²) >= 11 is 13.9. The predicted molar refractivity (Wildman–Crippen MR) is 104 cm³/mol. The van der Waals surface area contributed by atoms with Crippen LogP contribution in [0.4, 0.5) is 0 Å². The molecule has 0 radical (unpaired) electrons. The molecule has 3 unspecified atom stereocenters. The van der Waals surface area contributed by atoms with Crippen molar-refractivity contribution in [1.82, 2.24) is 9.97 Å². The minimum Gasteiger partial charge on any atom is -0.416 e. The molecule has 2 heterocycles. The molecule has 4 nitrogen and oxygen atoms in total. The van der Waals surface area contributed by atoms with Crippen molar-refractivity contribution in [2.75, 3.05) is 6.61 Å². The van der Waals surface area contributed by atoms with Crippen molar-refractivity contribution in [2.24, 2.45) is 5.92 Å². The Morgan fingerprint density at radius 3 is 2.67 bits per heavy atom. The topological polar surface area (TPSA) is 55.2 Å². The summed E-state index contributed by atoms with van der Waals surface area (Å²) in [6, 6.07) is 0. The Morgan fingerprint density at radius 1 is 1.42 bits per heavy atom. The molecule has 1 aliphatic heterocycles. The van der Waals surface area contributed by atoms with Gasteiger partial charge < -0.3 is 9.53 Å². The quantitative estimate of drug-likeness (QED) is 0.423. The number of hydrogen-bond donors (Lipinski definition) is 1. The molecule has 0 fully saturated rings. The molecule has 0 bridgehead atoms. The van der Waals surface area contributed by atoms with E-state index in [1.54, 1.807) is 0 Å². The molecule has 2 rings (SSSR count). The van der Waals surface area contributed by atoms with Crippen LogP contribution in [-0.2, 0) is 4.43 Å². The van der Waals surface area contributed by atoms with E-state index < -0.39 is 14.4 Å². The van der Waals surface area contributed by atoms with E-state index in [1.165, 1.54) is 24.3 Å². The second kappa shape index (κ2) is 7.64. The average Bonchev–Trinajstić information content (AvgIpc) is 2.85. The highest BCUT2D eigenvalue weighted by molar-refractivity contribution is 8.05. The third-order valence-electron chi connectivity index (χ3n) is 4.66. The van der Waals surface area contributed by atoms with Gasteiger partial charge in [0.2, 0.25) is 0 Å². The SMILES string of the molecule is CC(C)(C)[Si](C)(C)OCC1C=C(C(O)c2cncnc2Cl)SC1Cl. The zero-order valence-electron chi connectivity index (χ0n) is 14.6. The minimum atomic E-state index is -1.82. The molecule has 3 atom stereocenters. The van der Waals surface area contributed by atoms with E-state index in [-0.39, 0.29) is 20.8 Å². The number of aromatic nitrogens is 2. The maximum absolute atomic E-state index is 10.5. The molecule has 0 spiro atoms. The summed E-state index contributed by atoms with van der Waals surface area (Å²) in [4.78, 5) is 8.61. The van der Waals surface area contributed by atoms with E-state index in [1.807, 2.05) is 6.08 Å². The van der Waals surface area contributed by atoms with Crippen LogP contribution in [0.25, 0.3) is 0 Å². The molecule has 24 heavy (non-hydrogen) atoms. The van der Waals surface area contributed by atoms with Crippen molar-refractivity contribution in [2.45, 2.75) is 49.7 Å². The monoisotopic (exact) mass is 406 g/mol. The van der Waals surface area contributed by atoms with Crippen molar-refractivity contribution in [3.8, 4) is 0 Å². The molecule has 8 heteroatoms. The highest BCUT2D eigenvalue weighted by Crippen LogP contribution is 2.46. The molecule has 0 amide bonds. The van der Waals surface area contributed by atoms with Crippen LogP contribution >= 0.6 is 35.0 Å². The molecule has 1 aromatic heterocycles.